The van der Waals surface area contributed by atoms with Crippen molar-refractivity contribution in [3.63, 3.8) is 0 Å². The van der Waals surface area contributed by atoms with Gasteiger partial charge in [-0.05, 0) is 0 Å². The molecule has 0 saturated heterocycles. The van der Waals surface area contributed by atoms with Crippen molar-refractivity contribution in [3.05, 3.63) is 0 Å². The topological polar surface area (TPSA) is 12.5 Å². The molecule has 2 rings (SSSR count). The predicted octanol–water partition coefficient (Wildman–Crippen LogP) is -0.651. The molecule has 0 N–H and O–H groups in total. The second-order valence-corrected chi connectivity index (χ2v) is 4.62. The van der Waals surface area contributed by atoms with Crippen molar-refractivity contribution in [2.24, 2.45) is 0 Å². The Morgan fingerprint density at radius 3 is 1.73 bits per heavy atom. The average Bonchev–Trinajstić information content (AvgIpc) is 2.76. The summed E-state index contributed by atoms with van der Waals surface area (Å²) in [6, 6.07) is 0. The van der Waals surface area contributed by atoms with Gasteiger partial charge in [-0.25, -0.2) is 0 Å². The van der Waals surface area contributed by atoms with Crippen molar-refractivity contribution < 1.29 is 9.15 Å². The number of nitrogens with zero attached hydrogens (tertiary/aromatic N) is 4. The van der Waals surface area contributed by atoms with Gasteiger partial charge in [0.1, 0.15) is 26.2 Å². The minimum atomic E-state index is 1.18. The van der Waals surface area contributed by atoms with Crippen LogP contribution in [-0.2, 0) is 0 Å². The molecule has 0 bridgehead atoms. The van der Waals surface area contributed by atoms with Gasteiger partial charge in [0.25, 0.3) is 0 Å². The first-order chi connectivity index (χ1) is 7.24. The molecule has 0 saturated carbocycles. The fraction of sp³-hybridized carbons (Fsp3) is 0.818. The van der Waals surface area contributed by atoms with E-state index in [1.165, 1.54) is 45.7 Å². The number of hydrogen-bond acceptors (Lipinski definition) is 2. The van der Waals surface area contributed by atoms with Crippen molar-refractivity contribution in [3.8, 4) is 0 Å². The molecule has 2 heterocycles. The SMILES string of the molecule is C[N+]1=CN(CCCN2C=[N+](C)CC2)CC1. The first-order valence-electron chi connectivity index (χ1n) is 5.82. The van der Waals surface area contributed by atoms with Gasteiger partial charge in [0, 0.05) is 6.42 Å². The predicted molar refractivity (Wildman–Crippen MR) is 62.0 cm³/mol. The van der Waals surface area contributed by atoms with Crippen LogP contribution < -0.4 is 0 Å². The molecule has 2 aliphatic rings. The maximum atomic E-state index is 2.42. The normalized spacial score (nSPS) is 20.9. The minimum Gasteiger partial charge on any atom is -0.267 e. The molecule has 0 amide bonds. The quantitative estimate of drug-likeness (QED) is 0.572. The van der Waals surface area contributed by atoms with Crippen LogP contribution in [0.25, 0.3) is 0 Å². The van der Waals surface area contributed by atoms with Crippen LogP contribution in [0.5, 0.6) is 0 Å². The molecule has 0 aromatic rings. The highest BCUT2D eigenvalue weighted by Gasteiger charge is 2.19. The Morgan fingerprint density at radius 1 is 0.933 bits per heavy atom. The highest BCUT2D eigenvalue weighted by molar-refractivity contribution is 5.51. The van der Waals surface area contributed by atoms with Gasteiger partial charge in [0.15, 0.2) is 0 Å². The lowest BCUT2D eigenvalue weighted by molar-refractivity contribution is -0.482. The van der Waals surface area contributed by atoms with Gasteiger partial charge in [-0.15, -0.1) is 0 Å². The van der Waals surface area contributed by atoms with Gasteiger partial charge in [-0.1, -0.05) is 0 Å². The highest BCUT2D eigenvalue weighted by Crippen LogP contribution is 1.98. The first kappa shape index (κ1) is 10.5. The van der Waals surface area contributed by atoms with Crippen LogP contribution in [0.3, 0.4) is 0 Å². The van der Waals surface area contributed by atoms with Gasteiger partial charge in [-0.3, -0.25) is 19.0 Å². The van der Waals surface area contributed by atoms with E-state index in [4.69, 9.17) is 0 Å². The molecule has 84 valence electrons. The molecular formula is C11H22N4+2. The summed E-state index contributed by atoms with van der Waals surface area (Å²) in [4.78, 5) is 4.83. The Balaban J connectivity index is 1.63. The van der Waals surface area contributed by atoms with E-state index in [1.54, 1.807) is 0 Å². The third-order valence-corrected chi connectivity index (χ3v) is 3.09. The lowest BCUT2D eigenvalue weighted by atomic mass is 10.3. The van der Waals surface area contributed by atoms with Crippen LogP contribution in [-0.4, -0.2) is 85.0 Å². The number of hydrogen-bond donors (Lipinski definition) is 0. The monoisotopic (exact) mass is 210 g/mol. The van der Waals surface area contributed by atoms with Crippen LogP contribution in [0.4, 0.5) is 0 Å². The van der Waals surface area contributed by atoms with E-state index in [2.05, 4.69) is 45.7 Å². The van der Waals surface area contributed by atoms with Crippen LogP contribution in [0.1, 0.15) is 6.42 Å². The van der Waals surface area contributed by atoms with Gasteiger partial charge >= 0.3 is 0 Å². The van der Waals surface area contributed by atoms with E-state index < -0.39 is 0 Å². The van der Waals surface area contributed by atoms with Crippen LogP contribution in [0, 0.1) is 0 Å². The molecule has 15 heavy (non-hydrogen) atoms. The summed E-state index contributed by atoms with van der Waals surface area (Å²) in [5.74, 6) is 0. The molecule has 4 heteroatoms. The van der Waals surface area contributed by atoms with Crippen molar-refractivity contribution in [1.29, 1.82) is 0 Å². The molecule has 0 unspecified atom stereocenters. The summed E-state index contributed by atoms with van der Waals surface area (Å²) < 4.78 is 4.52. The Labute approximate surface area is 92.1 Å². The largest absolute Gasteiger partial charge is 0.267 e. The Hall–Kier alpha value is -1.06. The first-order valence-corrected chi connectivity index (χ1v) is 5.82. The van der Waals surface area contributed by atoms with Crippen molar-refractivity contribution in [1.82, 2.24) is 9.80 Å². The highest BCUT2D eigenvalue weighted by atomic mass is 15.3. The number of likely N-dealkylation sites (N-methyl/N-ethyl adjacent to an activating group) is 2. The molecular weight excluding hydrogens is 188 g/mol. The molecule has 4 nitrogen and oxygen atoms in total. The van der Waals surface area contributed by atoms with Crippen LogP contribution >= 0.6 is 0 Å². The van der Waals surface area contributed by atoms with E-state index in [1.807, 2.05) is 0 Å². The van der Waals surface area contributed by atoms with Gasteiger partial charge in [0.2, 0.25) is 12.7 Å². The lowest BCUT2D eigenvalue weighted by Crippen LogP contribution is -2.27. The van der Waals surface area contributed by atoms with Crippen molar-refractivity contribution >= 4 is 12.7 Å². The smallest absolute Gasteiger partial charge is 0.234 e. The van der Waals surface area contributed by atoms with E-state index in [9.17, 15) is 0 Å². The molecule has 0 aromatic heterocycles. The zero-order valence-electron chi connectivity index (χ0n) is 9.89. The van der Waals surface area contributed by atoms with Gasteiger partial charge < -0.3 is 0 Å². The summed E-state index contributed by atoms with van der Waals surface area (Å²) in [6.07, 6.45) is 5.73. The van der Waals surface area contributed by atoms with E-state index in [0.29, 0.717) is 0 Å². The number of rotatable bonds is 4. The molecule has 0 aromatic carbocycles. The Bertz CT molecular complexity index is 254. The van der Waals surface area contributed by atoms with Gasteiger partial charge in [-0.2, -0.15) is 0 Å². The molecule has 0 radical (unpaired) electrons. The third kappa shape index (κ3) is 2.94. The summed E-state index contributed by atoms with van der Waals surface area (Å²) in [7, 11) is 4.28. The molecule has 0 atom stereocenters. The molecule has 0 fully saturated rings. The second kappa shape index (κ2) is 4.64. The molecule has 2 aliphatic heterocycles. The van der Waals surface area contributed by atoms with Gasteiger partial charge in [0.05, 0.1) is 27.2 Å². The Morgan fingerprint density at radius 2 is 1.40 bits per heavy atom. The third-order valence-electron chi connectivity index (χ3n) is 3.09. The fourth-order valence-electron chi connectivity index (χ4n) is 2.18. The molecule has 0 aliphatic carbocycles. The summed E-state index contributed by atoms with van der Waals surface area (Å²) >= 11 is 0. The van der Waals surface area contributed by atoms with Crippen LogP contribution in [0.15, 0.2) is 0 Å². The maximum absolute atomic E-state index is 2.42. The molecule has 0 spiro atoms. The van der Waals surface area contributed by atoms with E-state index >= 15 is 0 Å². The van der Waals surface area contributed by atoms with E-state index in [0.717, 1.165) is 0 Å². The summed E-state index contributed by atoms with van der Waals surface area (Å²) in [5.41, 5.74) is 0. The zero-order chi connectivity index (χ0) is 10.7. The minimum absolute atomic E-state index is 1.18. The second-order valence-electron chi connectivity index (χ2n) is 4.62. The summed E-state index contributed by atoms with van der Waals surface area (Å²) in [6.45, 7) is 7.13. The standard InChI is InChI=1S/C11H22N4/c1-12-6-8-14(10-12)4-3-5-15-9-7-13(2)11-15/h10-11H,3-9H2,1-2H3/q+2. The van der Waals surface area contributed by atoms with Crippen LogP contribution in [0.2, 0.25) is 0 Å². The zero-order valence-corrected chi connectivity index (χ0v) is 9.89. The average molecular weight is 210 g/mol. The Kier molecular flexibility index (Phi) is 3.23. The fourth-order valence-corrected chi connectivity index (χ4v) is 2.18. The van der Waals surface area contributed by atoms with Crippen molar-refractivity contribution in [2.75, 3.05) is 53.4 Å². The lowest BCUT2D eigenvalue weighted by Gasteiger charge is -2.08. The van der Waals surface area contributed by atoms with E-state index in [-0.39, 0.29) is 0 Å². The maximum Gasteiger partial charge on any atom is 0.234 e. The summed E-state index contributed by atoms with van der Waals surface area (Å²) in [5, 5.41) is 0. The van der Waals surface area contributed by atoms with Crippen molar-refractivity contribution in [2.45, 2.75) is 6.42 Å².